The second-order valence-corrected chi connectivity index (χ2v) is 9.21. The molecule has 5 rings (SSSR count). The molecule has 4 aromatic rings. The average molecular weight is 477 g/mol. The molecule has 0 aromatic carbocycles. The summed E-state index contributed by atoms with van der Waals surface area (Å²) in [5.74, 6) is 1.32. The first-order valence-electron chi connectivity index (χ1n) is 11.3. The molecule has 0 spiro atoms. The Kier molecular flexibility index (Phi) is 5.32. The van der Waals surface area contributed by atoms with Gasteiger partial charge in [-0.3, -0.25) is 4.79 Å². The van der Waals surface area contributed by atoms with Gasteiger partial charge in [-0.05, 0) is 40.7 Å². The Morgan fingerprint density at radius 2 is 1.83 bits per heavy atom. The van der Waals surface area contributed by atoms with Crippen LogP contribution in [0.4, 0.5) is 10.2 Å². The van der Waals surface area contributed by atoms with Crippen LogP contribution in [0.25, 0.3) is 33.8 Å². The minimum Gasteiger partial charge on any atom is -0.357 e. The fourth-order valence-corrected chi connectivity index (χ4v) is 4.04. The number of imidazole rings is 1. The summed E-state index contributed by atoms with van der Waals surface area (Å²) in [6.07, 6.45) is 6.54. The van der Waals surface area contributed by atoms with E-state index in [0.717, 1.165) is 5.56 Å². The third-order valence-corrected chi connectivity index (χ3v) is 5.93. The first kappa shape index (κ1) is 22.9. The molecule has 1 amide bonds. The van der Waals surface area contributed by atoms with E-state index in [-0.39, 0.29) is 6.61 Å². The Hall–Kier alpha value is -3.86. The van der Waals surface area contributed by atoms with Crippen LogP contribution in [0.1, 0.15) is 39.1 Å². The second-order valence-electron chi connectivity index (χ2n) is 9.21. The molecule has 0 bridgehead atoms. The second kappa shape index (κ2) is 8.12. The van der Waals surface area contributed by atoms with Gasteiger partial charge in [-0.2, -0.15) is 0 Å². The number of fused-ring (bicyclic) bond motifs is 2. The van der Waals surface area contributed by atoms with Crippen molar-refractivity contribution in [3.05, 3.63) is 42.4 Å². The van der Waals surface area contributed by atoms with Crippen LogP contribution in [-0.2, 0) is 21.7 Å². The molecule has 11 heteroatoms. The summed E-state index contributed by atoms with van der Waals surface area (Å²) in [5.41, 5.74) is 0.711. The van der Waals surface area contributed by atoms with Gasteiger partial charge in [-0.1, -0.05) is 0 Å². The topological polar surface area (TPSA) is 121 Å². The van der Waals surface area contributed by atoms with Crippen molar-refractivity contribution < 1.29 is 13.9 Å². The smallest absolute Gasteiger partial charge is 0.262 e. The number of anilines is 1. The van der Waals surface area contributed by atoms with Crippen molar-refractivity contribution in [3.63, 3.8) is 0 Å². The fourth-order valence-electron chi connectivity index (χ4n) is 4.04. The third kappa shape index (κ3) is 3.91. The normalized spacial score (nSPS) is 17.6. The number of nitrogens with zero attached hydrogens (tertiary/aromatic N) is 7. The van der Waals surface area contributed by atoms with Crippen molar-refractivity contribution in [1.82, 2.24) is 34.5 Å². The molecule has 5 heterocycles. The number of nitrogens with one attached hydrogen (secondary N) is 1. The van der Waals surface area contributed by atoms with Gasteiger partial charge in [0.25, 0.3) is 5.91 Å². The van der Waals surface area contributed by atoms with Gasteiger partial charge < -0.3 is 14.6 Å². The number of carbonyl (C=O) groups is 1. The van der Waals surface area contributed by atoms with Crippen molar-refractivity contribution in [3.8, 4) is 22.6 Å². The first-order valence-corrected chi connectivity index (χ1v) is 11.3. The third-order valence-electron chi connectivity index (χ3n) is 5.93. The number of ether oxygens (including phenoxy) is 1. The number of aromatic nitrogens is 7. The number of pyridine rings is 1. The van der Waals surface area contributed by atoms with Crippen molar-refractivity contribution in [2.24, 2.45) is 0 Å². The summed E-state index contributed by atoms with van der Waals surface area (Å²) in [5, 5.41) is 2.72. The lowest BCUT2D eigenvalue weighted by atomic mass is 9.96. The van der Waals surface area contributed by atoms with E-state index in [1.165, 1.54) is 20.2 Å². The molecule has 1 atom stereocenters. The zero-order valence-corrected chi connectivity index (χ0v) is 20.1. The van der Waals surface area contributed by atoms with E-state index >= 15 is 0 Å². The van der Waals surface area contributed by atoms with Crippen LogP contribution in [0.3, 0.4) is 0 Å². The Morgan fingerprint density at radius 3 is 2.51 bits per heavy atom. The molecule has 4 aromatic heterocycles. The predicted octanol–water partition coefficient (Wildman–Crippen LogP) is 3.61. The average Bonchev–Trinajstić information content (AvgIpc) is 3.32. The molecule has 1 N–H and O–H groups in total. The van der Waals surface area contributed by atoms with Crippen molar-refractivity contribution in [1.29, 1.82) is 0 Å². The summed E-state index contributed by atoms with van der Waals surface area (Å²) in [7, 11) is 0. The SMILES string of the molecule is CCn1c(-c2cnc(C)nc2)nc2c(-c3cnc4c(c3)C(C)(OCC(C)(C)F)C(=O)N4)ncnc21. The van der Waals surface area contributed by atoms with Crippen molar-refractivity contribution >= 4 is 22.9 Å². The molecule has 0 saturated carbocycles. The van der Waals surface area contributed by atoms with E-state index in [0.29, 0.717) is 52.0 Å². The molecule has 35 heavy (non-hydrogen) atoms. The Balaban J connectivity index is 1.63. The molecule has 10 nitrogen and oxygen atoms in total. The maximum absolute atomic E-state index is 14.2. The Morgan fingerprint density at radius 1 is 1.11 bits per heavy atom. The summed E-state index contributed by atoms with van der Waals surface area (Å²) in [4.78, 5) is 39.5. The van der Waals surface area contributed by atoms with Gasteiger partial charge in [0.05, 0.1) is 12.2 Å². The van der Waals surface area contributed by atoms with Crippen molar-refractivity contribution in [2.75, 3.05) is 11.9 Å². The summed E-state index contributed by atoms with van der Waals surface area (Å²) < 4.78 is 21.9. The van der Waals surface area contributed by atoms with Crippen LogP contribution in [0.5, 0.6) is 0 Å². The highest BCUT2D eigenvalue weighted by Gasteiger charge is 2.46. The number of aryl methyl sites for hydroxylation is 2. The number of hydrogen-bond acceptors (Lipinski definition) is 8. The van der Waals surface area contributed by atoms with Crippen LogP contribution in [0.15, 0.2) is 31.0 Å². The number of carbonyl (C=O) groups excluding carboxylic acids is 1. The molecule has 1 unspecified atom stereocenters. The van der Waals surface area contributed by atoms with Gasteiger partial charge in [0.2, 0.25) is 0 Å². The lowest BCUT2D eigenvalue weighted by molar-refractivity contribution is -0.143. The molecule has 0 aliphatic carbocycles. The monoisotopic (exact) mass is 476 g/mol. The summed E-state index contributed by atoms with van der Waals surface area (Å²) in [6, 6.07) is 1.78. The number of halogens is 1. The van der Waals surface area contributed by atoms with E-state index in [1.807, 2.05) is 18.4 Å². The molecule has 1 aliphatic rings. The number of rotatable bonds is 6. The molecular weight excluding hydrogens is 451 g/mol. The molecule has 0 saturated heterocycles. The minimum absolute atomic E-state index is 0.249. The molecule has 0 radical (unpaired) electrons. The quantitative estimate of drug-likeness (QED) is 0.448. The van der Waals surface area contributed by atoms with E-state index in [2.05, 4.69) is 30.2 Å². The van der Waals surface area contributed by atoms with E-state index in [9.17, 15) is 9.18 Å². The van der Waals surface area contributed by atoms with Gasteiger partial charge in [0.15, 0.2) is 11.2 Å². The Labute approximate surface area is 201 Å². The number of hydrogen-bond donors (Lipinski definition) is 1. The van der Waals surface area contributed by atoms with Crippen molar-refractivity contribution in [2.45, 2.75) is 52.4 Å². The standard InChI is InChI=1S/C24H25FN8O2/c1-6-33-20(15-9-26-13(2)27-10-15)31-18-17(29-12-30-21(18)33)14-7-16-19(28-8-14)32-22(34)24(16,5)35-11-23(3,4)25/h7-10,12H,6,11H2,1-5H3,(H,28,32,34). The zero-order valence-electron chi connectivity index (χ0n) is 20.1. The highest BCUT2D eigenvalue weighted by Crippen LogP contribution is 2.40. The van der Waals surface area contributed by atoms with E-state index < -0.39 is 17.2 Å². The Bertz CT molecular complexity index is 1440. The minimum atomic E-state index is -1.60. The van der Waals surface area contributed by atoms with Gasteiger partial charge in [0.1, 0.15) is 40.7 Å². The van der Waals surface area contributed by atoms with Crippen LogP contribution < -0.4 is 5.32 Å². The molecular formula is C24H25FN8O2. The van der Waals surface area contributed by atoms with Crippen LogP contribution >= 0.6 is 0 Å². The lowest BCUT2D eigenvalue weighted by Crippen LogP contribution is -2.38. The molecule has 1 aliphatic heterocycles. The summed E-state index contributed by atoms with van der Waals surface area (Å²) in [6.45, 7) is 8.62. The maximum Gasteiger partial charge on any atom is 0.262 e. The number of alkyl halides is 1. The zero-order chi connectivity index (χ0) is 25.0. The van der Waals surface area contributed by atoms with Gasteiger partial charge in [0, 0.05) is 36.3 Å². The fraction of sp³-hybridized carbons (Fsp3) is 0.375. The van der Waals surface area contributed by atoms with E-state index in [1.54, 1.807) is 31.6 Å². The molecule has 0 fully saturated rings. The maximum atomic E-state index is 14.2. The largest absolute Gasteiger partial charge is 0.357 e. The molecule has 180 valence electrons. The number of amides is 1. The highest BCUT2D eigenvalue weighted by molar-refractivity contribution is 6.04. The predicted molar refractivity (Wildman–Crippen MR) is 127 cm³/mol. The van der Waals surface area contributed by atoms with Gasteiger partial charge >= 0.3 is 0 Å². The van der Waals surface area contributed by atoms with Gasteiger partial charge in [-0.25, -0.2) is 34.3 Å². The first-order chi connectivity index (χ1) is 16.6. The summed E-state index contributed by atoms with van der Waals surface area (Å²) >= 11 is 0. The van der Waals surface area contributed by atoms with Crippen LogP contribution in [-0.4, -0.2) is 52.7 Å². The van der Waals surface area contributed by atoms with Crippen LogP contribution in [0, 0.1) is 6.92 Å². The highest BCUT2D eigenvalue weighted by atomic mass is 19.1. The lowest BCUT2D eigenvalue weighted by Gasteiger charge is -2.26. The van der Waals surface area contributed by atoms with E-state index in [4.69, 9.17) is 9.72 Å². The van der Waals surface area contributed by atoms with Crippen LogP contribution in [0.2, 0.25) is 0 Å². The van der Waals surface area contributed by atoms with Gasteiger partial charge in [-0.15, -0.1) is 0 Å².